The molecule has 3 N–H and O–H groups in total. The average Bonchev–Trinajstić information content (AvgIpc) is 2.81. The summed E-state index contributed by atoms with van der Waals surface area (Å²) in [5.41, 5.74) is 7.17. The van der Waals surface area contributed by atoms with E-state index in [9.17, 15) is 9.59 Å². The number of amides is 2. The second-order valence-corrected chi connectivity index (χ2v) is 6.85. The Bertz CT molecular complexity index is 537. The maximum absolute atomic E-state index is 11.9. The molecule has 1 aliphatic carbocycles. The maximum Gasteiger partial charge on any atom is 0.251 e. The Morgan fingerprint density at radius 2 is 2.14 bits per heavy atom. The van der Waals surface area contributed by atoms with E-state index in [-0.39, 0.29) is 5.91 Å². The number of unbranched alkanes of at least 4 members (excludes halogenated alkanes) is 1. The molecule has 1 aromatic heterocycles. The van der Waals surface area contributed by atoms with Crippen LogP contribution in [0.4, 0.5) is 5.00 Å². The summed E-state index contributed by atoms with van der Waals surface area (Å²) in [4.78, 5) is 24.9. The Morgan fingerprint density at radius 3 is 2.76 bits per heavy atom. The Balaban J connectivity index is 2.23. The van der Waals surface area contributed by atoms with Crippen molar-refractivity contribution in [1.29, 1.82) is 0 Å². The maximum atomic E-state index is 11.9. The smallest absolute Gasteiger partial charge is 0.251 e. The van der Waals surface area contributed by atoms with Crippen molar-refractivity contribution in [2.45, 2.75) is 58.8 Å². The Kier molecular flexibility index (Phi) is 5.39. The number of fused-ring (bicyclic) bond motifs is 1. The van der Waals surface area contributed by atoms with Crippen LogP contribution in [-0.4, -0.2) is 11.8 Å². The minimum absolute atomic E-state index is 0.0232. The fourth-order valence-electron chi connectivity index (χ4n) is 2.88. The van der Waals surface area contributed by atoms with Gasteiger partial charge in [-0.05, 0) is 37.2 Å². The summed E-state index contributed by atoms with van der Waals surface area (Å²) in [6, 6.07) is 0. The van der Waals surface area contributed by atoms with Crippen molar-refractivity contribution < 1.29 is 9.59 Å². The van der Waals surface area contributed by atoms with Gasteiger partial charge in [-0.3, -0.25) is 9.59 Å². The number of carbonyl (C=O) groups excluding carboxylic acids is 2. The molecule has 0 aliphatic heterocycles. The van der Waals surface area contributed by atoms with Crippen LogP contribution < -0.4 is 11.1 Å². The number of hydrogen-bond donors (Lipinski definition) is 2. The monoisotopic (exact) mass is 308 g/mol. The highest BCUT2D eigenvalue weighted by atomic mass is 32.1. The molecule has 0 bridgehead atoms. The van der Waals surface area contributed by atoms with Gasteiger partial charge in [-0.1, -0.05) is 26.7 Å². The quantitative estimate of drug-likeness (QED) is 0.844. The molecule has 21 heavy (non-hydrogen) atoms. The van der Waals surface area contributed by atoms with Gasteiger partial charge < -0.3 is 11.1 Å². The van der Waals surface area contributed by atoms with E-state index in [0.29, 0.717) is 22.9 Å². The summed E-state index contributed by atoms with van der Waals surface area (Å²) >= 11 is 1.54. The zero-order valence-corrected chi connectivity index (χ0v) is 13.6. The highest BCUT2D eigenvalue weighted by molar-refractivity contribution is 7.17. The molecule has 4 nitrogen and oxygen atoms in total. The van der Waals surface area contributed by atoms with Gasteiger partial charge in [-0.25, -0.2) is 0 Å². The van der Waals surface area contributed by atoms with Crippen LogP contribution in [0, 0.1) is 5.92 Å². The highest BCUT2D eigenvalue weighted by Gasteiger charge is 2.27. The van der Waals surface area contributed by atoms with Gasteiger partial charge in [-0.2, -0.15) is 0 Å². The predicted octanol–water partition coefficient (Wildman–Crippen LogP) is 3.49. The van der Waals surface area contributed by atoms with Crippen molar-refractivity contribution in [2.75, 3.05) is 5.32 Å². The summed E-state index contributed by atoms with van der Waals surface area (Å²) in [5.74, 6) is 0.235. The molecule has 1 aliphatic rings. The van der Waals surface area contributed by atoms with Gasteiger partial charge in [0, 0.05) is 11.3 Å². The van der Waals surface area contributed by atoms with Gasteiger partial charge in [0.05, 0.1) is 5.56 Å². The zero-order chi connectivity index (χ0) is 15.4. The molecule has 0 radical (unpaired) electrons. The molecule has 1 atom stereocenters. The highest BCUT2D eigenvalue weighted by Crippen LogP contribution is 2.40. The third-order valence-electron chi connectivity index (χ3n) is 4.20. The van der Waals surface area contributed by atoms with Gasteiger partial charge in [0.25, 0.3) is 5.91 Å². The first-order chi connectivity index (χ1) is 10.1. The van der Waals surface area contributed by atoms with Gasteiger partial charge >= 0.3 is 0 Å². The lowest BCUT2D eigenvalue weighted by atomic mass is 9.85. The number of hydrogen-bond acceptors (Lipinski definition) is 3. The number of carbonyl (C=O) groups is 2. The minimum Gasteiger partial charge on any atom is -0.365 e. The van der Waals surface area contributed by atoms with E-state index in [1.165, 1.54) is 16.2 Å². The molecule has 5 heteroatoms. The van der Waals surface area contributed by atoms with Crippen molar-refractivity contribution in [3.8, 4) is 0 Å². The Morgan fingerprint density at radius 1 is 1.38 bits per heavy atom. The van der Waals surface area contributed by atoms with Crippen LogP contribution in [0.25, 0.3) is 0 Å². The van der Waals surface area contributed by atoms with Gasteiger partial charge in [-0.15, -0.1) is 11.3 Å². The topological polar surface area (TPSA) is 72.2 Å². The number of nitrogens with two attached hydrogens (primary N) is 1. The lowest BCUT2D eigenvalue weighted by Gasteiger charge is -2.20. The van der Waals surface area contributed by atoms with E-state index in [2.05, 4.69) is 19.2 Å². The van der Waals surface area contributed by atoms with Crippen LogP contribution in [0.5, 0.6) is 0 Å². The molecule has 0 unspecified atom stereocenters. The number of thiophene rings is 1. The normalized spacial score (nSPS) is 17.3. The van der Waals surface area contributed by atoms with Crippen molar-refractivity contribution in [1.82, 2.24) is 0 Å². The van der Waals surface area contributed by atoms with Crippen molar-refractivity contribution in [3.63, 3.8) is 0 Å². The van der Waals surface area contributed by atoms with E-state index in [0.717, 1.165) is 44.1 Å². The number of nitrogens with one attached hydrogen (secondary N) is 1. The summed E-state index contributed by atoms with van der Waals surface area (Å²) < 4.78 is 0. The summed E-state index contributed by atoms with van der Waals surface area (Å²) in [7, 11) is 0. The van der Waals surface area contributed by atoms with Gasteiger partial charge in [0.15, 0.2) is 0 Å². The Hall–Kier alpha value is -1.36. The fraction of sp³-hybridized carbons (Fsp3) is 0.625. The molecule has 116 valence electrons. The molecule has 0 saturated heterocycles. The molecular formula is C16H24N2O2S. The second kappa shape index (κ2) is 7.07. The molecule has 2 rings (SSSR count). The summed E-state index contributed by atoms with van der Waals surface area (Å²) in [6.07, 6.45) is 6.49. The molecular weight excluding hydrogens is 284 g/mol. The van der Waals surface area contributed by atoms with Crippen molar-refractivity contribution >= 4 is 28.2 Å². The summed E-state index contributed by atoms with van der Waals surface area (Å²) in [6.45, 7) is 4.25. The van der Waals surface area contributed by atoms with Crippen molar-refractivity contribution in [2.24, 2.45) is 11.7 Å². The van der Waals surface area contributed by atoms with Crippen LogP contribution in [0.3, 0.4) is 0 Å². The van der Waals surface area contributed by atoms with Crippen molar-refractivity contribution in [3.05, 3.63) is 16.0 Å². The molecule has 0 fully saturated rings. The number of rotatable bonds is 6. The largest absolute Gasteiger partial charge is 0.365 e. The SMILES string of the molecule is CCCCC(=O)Nc1sc2c(c1C(N)=O)CC[C@H](CC)C2. The van der Waals surface area contributed by atoms with E-state index >= 15 is 0 Å². The molecule has 1 heterocycles. The van der Waals surface area contributed by atoms with E-state index in [1.807, 2.05) is 0 Å². The van der Waals surface area contributed by atoms with Gasteiger partial charge in [0.1, 0.15) is 5.00 Å². The molecule has 2 amide bonds. The minimum atomic E-state index is -0.423. The van der Waals surface area contributed by atoms with Gasteiger partial charge in [0.2, 0.25) is 5.91 Å². The molecule has 0 spiro atoms. The van der Waals surface area contributed by atoms with Crippen LogP contribution in [-0.2, 0) is 17.6 Å². The number of primary amides is 1. The third-order valence-corrected chi connectivity index (χ3v) is 5.37. The Labute approximate surface area is 130 Å². The number of anilines is 1. The van der Waals surface area contributed by atoms with Crippen LogP contribution in [0.15, 0.2) is 0 Å². The lowest BCUT2D eigenvalue weighted by Crippen LogP contribution is -2.19. The molecule has 0 aromatic carbocycles. The zero-order valence-electron chi connectivity index (χ0n) is 12.8. The van der Waals surface area contributed by atoms with E-state index in [1.54, 1.807) is 0 Å². The first-order valence-corrected chi connectivity index (χ1v) is 8.62. The predicted molar refractivity (Wildman–Crippen MR) is 86.8 cm³/mol. The average molecular weight is 308 g/mol. The second-order valence-electron chi connectivity index (χ2n) is 5.74. The fourth-order valence-corrected chi connectivity index (χ4v) is 4.26. The summed E-state index contributed by atoms with van der Waals surface area (Å²) in [5, 5.41) is 3.55. The first kappa shape index (κ1) is 16.0. The van der Waals surface area contributed by atoms with E-state index < -0.39 is 5.91 Å². The van der Waals surface area contributed by atoms with Crippen LogP contribution >= 0.6 is 11.3 Å². The van der Waals surface area contributed by atoms with Crippen LogP contribution in [0.1, 0.15) is 66.8 Å². The first-order valence-electron chi connectivity index (χ1n) is 7.80. The standard InChI is InChI=1S/C16H24N2O2S/c1-3-5-6-13(19)18-16-14(15(17)20)11-8-7-10(4-2)9-12(11)21-16/h10H,3-9H2,1-2H3,(H2,17,20)(H,18,19)/t10-/m0/s1. The lowest BCUT2D eigenvalue weighted by molar-refractivity contribution is -0.116. The van der Waals surface area contributed by atoms with E-state index in [4.69, 9.17) is 5.73 Å². The van der Waals surface area contributed by atoms with Crippen LogP contribution in [0.2, 0.25) is 0 Å². The molecule has 1 aromatic rings. The molecule has 0 saturated carbocycles. The third kappa shape index (κ3) is 3.64.